The van der Waals surface area contributed by atoms with Crippen LogP contribution in [0, 0.1) is 12.8 Å². The van der Waals surface area contributed by atoms with Gasteiger partial charge in [-0.25, -0.2) is 4.79 Å². The van der Waals surface area contributed by atoms with Gasteiger partial charge in [0.1, 0.15) is 5.92 Å². The van der Waals surface area contributed by atoms with E-state index in [4.69, 9.17) is 21.4 Å². The summed E-state index contributed by atoms with van der Waals surface area (Å²) in [6.45, 7) is 2.14. The van der Waals surface area contributed by atoms with E-state index in [1.807, 2.05) is 0 Å². The minimum Gasteiger partial charge on any atom is -0.481 e. The van der Waals surface area contributed by atoms with Crippen molar-refractivity contribution in [3.05, 3.63) is 28.8 Å². The summed E-state index contributed by atoms with van der Waals surface area (Å²) in [5.74, 6) is -1.67. The number of halogens is 1. The molecule has 0 aromatic heterocycles. The third-order valence-electron chi connectivity index (χ3n) is 3.69. The van der Waals surface area contributed by atoms with Crippen LogP contribution in [0.25, 0.3) is 0 Å². The minimum atomic E-state index is -0.962. The summed E-state index contributed by atoms with van der Waals surface area (Å²) in [6.07, 6.45) is 0. The molecule has 0 spiro atoms. The lowest BCUT2D eigenvalue weighted by molar-refractivity contribution is -0.142. The van der Waals surface area contributed by atoms with Crippen molar-refractivity contribution in [3.8, 4) is 0 Å². The van der Waals surface area contributed by atoms with Crippen LogP contribution in [0.3, 0.4) is 0 Å². The van der Waals surface area contributed by atoms with Crippen LogP contribution in [0.15, 0.2) is 18.2 Å². The summed E-state index contributed by atoms with van der Waals surface area (Å²) < 4.78 is 5.17. The SMILES string of the molecule is Cc1c(Cl)cccc1NC(=O)N(C)C1COCC1C(=O)O. The zero-order chi connectivity index (χ0) is 15.6. The maximum absolute atomic E-state index is 12.3. The third kappa shape index (κ3) is 3.28. The first-order chi connectivity index (χ1) is 9.91. The smallest absolute Gasteiger partial charge is 0.321 e. The lowest BCUT2D eigenvalue weighted by atomic mass is 10.0. The van der Waals surface area contributed by atoms with Crippen molar-refractivity contribution < 1.29 is 19.4 Å². The van der Waals surface area contributed by atoms with E-state index in [1.165, 1.54) is 4.90 Å². The number of likely N-dealkylation sites (N-methyl/N-ethyl adjacent to an activating group) is 1. The van der Waals surface area contributed by atoms with E-state index in [0.29, 0.717) is 10.7 Å². The van der Waals surface area contributed by atoms with Gasteiger partial charge >= 0.3 is 12.0 Å². The van der Waals surface area contributed by atoms with Gasteiger partial charge in [0.25, 0.3) is 0 Å². The van der Waals surface area contributed by atoms with E-state index in [1.54, 1.807) is 32.2 Å². The zero-order valence-corrected chi connectivity index (χ0v) is 12.6. The fraction of sp³-hybridized carbons (Fsp3) is 0.429. The number of amides is 2. The van der Waals surface area contributed by atoms with Crippen LogP contribution in [-0.4, -0.2) is 48.3 Å². The number of carboxylic acids is 1. The van der Waals surface area contributed by atoms with E-state index < -0.39 is 17.9 Å². The molecule has 0 saturated carbocycles. The van der Waals surface area contributed by atoms with Crippen molar-refractivity contribution in [2.24, 2.45) is 5.92 Å². The lowest BCUT2D eigenvalue weighted by Gasteiger charge is -2.26. The van der Waals surface area contributed by atoms with Gasteiger partial charge in [-0.2, -0.15) is 0 Å². The summed E-state index contributed by atoms with van der Waals surface area (Å²) in [7, 11) is 1.56. The molecule has 0 aliphatic carbocycles. The number of ether oxygens (including phenoxy) is 1. The van der Waals surface area contributed by atoms with Crippen molar-refractivity contribution in [2.75, 3.05) is 25.6 Å². The van der Waals surface area contributed by atoms with Gasteiger partial charge in [0, 0.05) is 17.8 Å². The Morgan fingerprint density at radius 2 is 2.14 bits per heavy atom. The number of benzene rings is 1. The molecular weight excluding hydrogens is 296 g/mol. The number of carbonyl (C=O) groups excluding carboxylic acids is 1. The van der Waals surface area contributed by atoms with E-state index >= 15 is 0 Å². The van der Waals surface area contributed by atoms with E-state index in [0.717, 1.165) is 5.56 Å². The summed E-state index contributed by atoms with van der Waals surface area (Å²) in [5.41, 5.74) is 1.36. The molecular formula is C14H17ClN2O4. The number of nitrogens with one attached hydrogen (secondary N) is 1. The molecule has 1 aromatic rings. The predicted octanol–water partition coefficient (Wildman–Crippen LogP) is 2.21. The van der Waals surface area contributed by atoms with Crippen molar-refractivity contribution >= 4 is 29.3 Å². The highest BCUT2D eigenvalue weighted by Crippen LogP contribution is 2.24. The summed E-state index contributed by atoms with van der Waals surface area (Å²) in [6, 6.07) is 4.35. The molecule has 1 heterocycles. The number of aliphatic carboxylic acids is 1. The second-order valence-corrected chi connectivity index (χ2v) is 5.41. The third-order valence-corrected chi connectivity index (χ3v) is 4.10. The molecule has 1 aromatic carbocycles. The Labute approximate surface area is 127 Å². The highest BCUT2D eigenvalue weighted by molar-refractivity contribution is 6.31. The van der Waals surface area contributed by atoms with Gasteiger partial charge in [-0.3, -0.25) is 4.79 Å². The summed E-state index contributed by atoms with van der Waals surface area (Å²) in [4.78, 5) is 24.8. The van der Waals surface area contributed by atoms with Crippen LogP contribution >= 0.6 is 11.6 Å². The molecule has 1 saturated heterocycles. The number of hydrogen-bond donors (Lipinski definition) is 2. The van der Waals surface area contributed by atoms with Gasteiger partial charge in [0.05, 0.1) is 19.3 Å². The number of rotatable bonds is 3. The Bertz CT molecular complexity index is 564. The van der Waals surface area contributed by atoms with Crippen LogP contribution < -0.4 is 5.32 Å². The first kappa shape index (κ1) is 15.6. The molecule has 1 fully saturated rings. The number of hydrogen-bond acceptors (Lipinski definition) is 3. The normalized spacial score (nSPS) is 21.1. The molecule has 6 nitrogen and oxygen atoms in total. The summed E-state index contributed by atoms with van der Waals surface area (Å²) >= 11 is 6.01. The van der Waals surface area contributed by atoms with Crippen molar-refractivity contribution in [3.63, 3.8) is 0 Å². The Hall–Kier alpha value is -1.79. The van der Waals surface area contributed by atoms with E-state index in [-0.39, 0.29) is 19.2 Å². The van der Waals surface area contributed by atoms with Crippen LogP contribution in [-0.2, 0) is 9.53 Å². The quantitative estimate of drug-likeness (QED) is 0.897. The van der Waals surface area contributed by atoms with Gasteiger partial charge in [-0.05, 0) is 24.6 Å². The molecule has 114 valence electrons. The molecule has 1 aliphatic rings. The molecule has 0 bridgehead atoms. The zero-order valence-electron chi connectivity index (χ0n) is 11.8. The van der Waals surface area contributed by atoms with Gasteiger partial charge in [-0.1, -0.05) is 17.7 Å². The first-order valence-electron chi connectivity index (χ1n) is 6.51. The van der Waals surface area contributed by atoms with Crippen LogP contribution in [0.2, 0.25) is 5.02 Å². The van der Waals surface area contributed by atoms with Crippen molar-refractivity contribution in [1.82, 2.24) is 4.90 Å². The van der Waals surface area contributed by atoms with Gasteiger partial charge in [-0.15, -0.1) is 0 Å². The second-order valence-electron chi connectivity index (χ2n) is 5.00. The van der Waals surface area contributed by atoms with E-state index in [2.05, 4.69) is 5.32 Å². The minimum absolute atomic E-state index is 0.119. The fourth-order valence-corrected chi connectivity index (χ4v) is 2.43. The predicted molar refractivity (Wildman–Crippen MR) is 78.7 cm³/mol. The molecule has 2 unspecified atom stereocenters. The Morgan fingerprint density at radius 1 is 1.43 bits per heavy atom. The average molecular weight is 313 g/mol. The molecule has 2 N–H and O–H groups in total. The number of urea groups is 1. The van der Waals surface area contributed by atoms with Gasteiger partial charge in [0.15, 0.2) is 0 Å². The largest absolute Gasteiger partial charge is 0.481 e. The Kier molecular flexibility index (Phi) is 4.69. The fourth-order valence-electron chi connectivity index (χ4n) is 2.26. The van der Waals surface area contributed by atoms with Crippen LogP contribution in [0.1, 0.15) is 5.56 Å². The standard InChI is InChI=1S/C14H17ClN2O4/c1-8-10(15)4-3-5-11(8)16-14(20)17(2)12-7-21-6-9(12)13(18)19/h3-5,9,12H,6-7H2,1-2H3,(H,16,20)(H,18,19). The molecule has 21 heavy (non-hydrogen) atoms. The molecule has 2 rings (SSSR count). The monoisotopic (exact) mass is 312 g/mol. The maximum atomic E-state index is 12.3. The van der Waals surface area contributed by atoms with Crippen molar-refractivity contribution in [1.29, 1.82) is 0 Å². The first-order valence-corrected chi connectivity index (χ1v) is 6.89. The molecule has 7 heteroatoms. The highest BCUT2D eigenvalue weighted by atomic mass is 35.5. The van der Waals surface area contributed by atoms with Crippen LogP contribution in [0.4, 0.5) is 10.5 Å². The summed E-state index contributed by atoms with van der Waals surface area (Å²) in [5, 5.41) is 12.4. The molecule has 2 atom stereocenters. The van der Waals surface area contributed by atoms with Crippen LogP contribution in [0.5, 0.6) is 0 Å². The molecule has 0 radical (unpaired) electrons. The van der Waals surface area contributed by atoms with E-state index in [9.17, 15) is 9.59 Å². The Balaban J connectivity index is 2.09. The van der Waals surface area contributed by atoms with Gasteiger partial charge < -0.3 is 20.1 Å². The molecule has 1 aliphatic heterocycles. The maximum Gasteiger partial charge on any atom is 0.321 e. The second kappa shape index (κ2) is 6.32. The molecule has 2 amide bonds. The number of carbonyl (C=O) groups is 2. The van der Waals surface area contributed by atoms with Gasteiger partial charge in [0.2, 0.25) is 0 Å². The number of anilines is 1. The van der Waals surface area contributed by atoms with Crippen molar-refractivity contribution in [2.45, 2.75) is 13.0 Å². The lowest BCUT2D eigenvalue weighted by Crippen LogP contribution is -2.46. The average Bonchev–Trinajstić information content (AvgIpc) is 2.92. The number of carboxylic acid groups (broad SMARTS) is 1. The number of nitrogens with zero attached hydrogens (tertiary/aromatic N) is 1. The Morgan fingerprint density at radius 3 is 2.81 bits per heavy atom. The highest BCUT2D eigenvalue weighted by Gasteiger charge is 2.38. The topological polar surface area (TPSA) is 78.9 Å².